The van der Waals surface area contributed by atoms with Crippen LogP contribution in [0, 0.1) is 17.0 Å². The van der Waals surface area contributed by atoms with Crippen LogP contribution >= 0.6 is 23.2 Å². The molecule has 2 aromatic rings. The summed E-state index contributed by atoms with van der Waals surface area (Å²) in [6, 6.07) is 10.0. The number of nitro benzene ring substituents is 1. The highest BCUT2D eigenvalue weighted by Gasteiger charge is 2.08. The van der Waals surface area contributed by atoms with Gasteiger partial charge in [0, 0.05) is 34.4 Å². The third-order valence-electron chi connectivity index (χ3n) is 2.83. The third-order valence-corrected chi connectivity index (χ3v) is 3.26. The van der Waals surface area contributed by atoms with Crippen LogP contribution in [-0.4, -0.2) is 4.92 Å². The van der Waals surface area contributed by atoms with Gasteiger partial charge in [-0.3, -0.25) is 10.1 Å². The van der Waals surface area contributed by atoms with Crippen LogP contribution in [0.3, 0.4) is 0 Å². The Kier molecular flexibility index (Phi) is 4.47. The predicted molar refractivity (Wildman–Crippen MR) is 81.6 cm³/mol. The van der Waals surface area contributed by atoms with Gasteiger partial charge in [0.25, 0.3) is 5.69 Å². The average Bonchev–Trinajstić information content (AvgIpc) is 2.36. The first-order valence-electron chi connectivity index (χ1n) is 5.89. The normalized spacial score (nSPS) is 10.3. The standard InChI is InChI=1S/C14H12Cl2N2O2/c1-9-4-13(18(19)20)2-3-14(9)17-8-10-5-11(15)7-12(16)6-10/h2-7,17H,8H2,1H3. The van der Waals surface area contributed by atoms with Crippen LogP contribution in [0.25, 0.3) is 0 Å². The van der Waals surface area contributed by atoms with Crippen LogP contribution in [0.5, 0.6) is 0 Å². The van der Waals surface area contributed by atoms with Crippen molar-refractivity contribution < 1.29 is 4.92 Å². The van der Waals surface area contributed by atoms with E-state index in [-0.39, 0.29) is 5.69 Å². The Balaban J connectivity index is 2.12. The molecule has 0 radical (unpaired) electrons. The van der Waals surface area contributed by atoms with Gasteiger partial charge in [-0.05, 0) is 42.3 Å². The Labute approximate surface area is 126 Å². The van der Waals surface area contributed by atoms with E-state index in [9.17, 15) is 10.1 Å². The first-order chi connectivity index (χ1) is 9.45. The van der Waals surface area contributed by atoms with Crippen LogP contribution < -0.4 is 5.32 Å². The number of nitrogens with one attached hydrogen (secondary N) is 1. The Hall–Kier alpha value is -1.78. The van der Waals surface area contributed by atoms with Crippen molar-refractivity contribution in [3.8, 4) is 0 Å². The van der Waals surface area contributed by atoms with E-state index in [0.717, 1.165) is 16.8 Å². The molecule has 0 fully saturated rings. The number of nitro groups is 1. The lowest BCUT2D eigenvalue weighted by Gasteiger charge is -2.10. The fourth-order valence-electron chi connectivity index (χ4n) is 1.87. The quantitative estimate of drug-likeness (QED) is 0.650. The molecule has 4 nitrogen and oxygen atoms in total. The van der Waals surface area contributed by atoms with Crippen LogP contribution in [-0.2, 0) is 6.54 Å². The van der Waals surface area contributed by atoms with Gasteiger partial charge < -0.3 is 5.32 Å². The van der Waals surface area contributed by atoms with E-state index in [1.807, 2.05) is 19.1 Å². The summed E-state index contributed by atoms with van der Waals surface area (Å²) in [5.74, 6) is 0. The van der Waals surface area contributed by atoms with Gasteiger partial charge in [-0.1, -0.05) is 23.2 Å². The van der Waals surface area contributed by atoms with Gasteiger partial charge in [-0.15, -0.1) is 0 Å². The summed E-state index contributed by atoms with van der Waals surface area (Å²) in [5, 5.41) is 15.0. The Morgan fingerprint density at radius 1 is 1.15 bits per heavy atom. The van der Waals surface area contributed by atoms with Crippen LogP contribution in [0.15, 0.2) is 36.4 Å². The highest BCUT2D eigenvalue weighted by molar-refractivity contribution is 6.34. The number of anilines is 1. The maximum atomic E-state index is 10.7. The smallest absolute Gasteiger partial charge is 0.269 e. The van der Waals surface area contributed by atoms with Gasteiger partial charge in [0.2, 0.25) is 0 Å². The van der Waals surface area contributed by atoms with E-state index in [1.54, 1.807) is 12.1 Å². The van der Waals surface area contributed by atoms with E-state index < -0.39 is 4.92 Å². The molecule has 0 atom stereocenters. The number of non-ortho nitro benzene ring substituents is 1. The second-order valence-electron chi connectivity index (χ2n) is 4.39. The van der Waals surface area contributed by atoms with Crippen molar-refractivity contribution in [2.24, 2.45) is 0 Å². The zero-order valence-corrected chi connectivity index (χ0v) is 12.2. The first kappa shape index (κ1) is 14.6. The lowest BCUT2D eigenvalue weighted by Crippen LogP contribution is -2.01. The van der Waals surface area contributed by atoms with E-state index in [2.05, 4.69) is 5.32 Å². The fourth-order valence-corrected chi connectivity index (χ4v) is 2.44. The largest absolute Gasteiger partial charge is 0.381 e. The summed E-state index contributed by atoms with van der Waals surface area (Å²) in [5.41, 5.74) is 2.68. The molecule has 0 unspecified atom stereocenters. The highest BCUT2D eigenvalue weighted by atomic mass is 35.5. The summed E-state index contributed by atoms with van der Waals surface area (Å²) >= 11 is 11.9. The molecule has 0 amide bonds. The lowest BCUT2D eigenvalue weighted by atomic mass is 10.1. The van der Waals surface area contributed by atoms with Crippen LogP contribution in [0.2, 0.25) is 10.0 Å². The van der Waals surface area contributed by atoms with Crippen molar-refractivity contribution in [2.45, 2.75) is 13.5 Å². The van der Waals surface area contributed by atoms with Crippen molar-refractivity contribution in [1.82, 2.24) is 0 Å². The zero-order chi connectivity index (χ0) is 14.7. The van der Waals surface area contributed by atoms with Crippen molar-refractivity contribution in [3.63, 3.8) is 0 Å². The molecule has 1 N–H and O–H groups in total. The molecule has 2 aromatic carbocycles. The monoisotopic (exact) mass is 310 g/mol. The first-order valence-corrected chi connectivity index (χ1v) is 6.65. The Morgan fingerprint density at radius 2 is 1.80 bits per heavy atom. The van der Waals surface area contributed by atoms with Gasteiger partial charge in [-0.25, -0.2) is 0 Å². The molecule has 0 heterocycles. The lowest BCUT2D eigenvalue weighted by molar-refractivity contribution is -0.384. The summed E-state index contributed by atoms with van der Waals surface area (Å²) < 4.78 is 0. The molecule has 20 heavy (non-hydrogen) atoms. The van der Waals surface area contributed by atoms with Gasteiger partial charge in [-0.2, -0.15) is 0 Å². The molecule has 0 bridgehead atoms. The molecule has 0 aliphatic heterocycles. The predicted octanol–water partition coefficient (Wildman–Crippen LogP) is 4.82. The van der Waals surface area contributed by atoms with E-state index >= 15 is 0 Å². The number of benzene rings is 2. The summed E-state index contributed by atoms with van der Waals surface area (Å²) in [4.78, 5) is 10.3. The van der Waals surface area contributed by atoms with Crippen LogP contribution in [0.4, 0.5) is 11.4 Å². The molecule has 0 saturated carbocycles. The molecule has 0 aliphatic carbocycles. The molecule has 0 spiro atoms. The van der Waals surface area contributed by atoms with Gasteiger partial charge in [0.05, 0.1) is 4.92 Å². The van der Waals surface area contributed by atoms with Gasteiger partial charge >= 0.3 is 0 Å². The van der Waals surface area contributed by atoms with Crippen LogP contribution in [0.1, 0.15) is 11.1 Å². The molecule has 0 saturated heterocycles. The molecule has 6 heteroatoms. The van der Waals surface area contributed by atoms with Crippen molar-refractivity contribution in [2.75, 3.05) is 5.32 Å². The van der Waals surface area contributed by atoms with Crippen molar-refractivity contribution >= 4 is 34.6 Å². The number of hydrogen-bond acceptors (Lipinski definition) is 3. The molecule has 2 rings (SSSR count). The molecular weight excluding hydrogens is 299 g/mol. The van der Waals surface area contributed by atoms with E-state index in [0.29, 0.717) is 16.6 Å². The second kappa shape index (κ2) is 6.11. The number of aryl methyl sites for hydroxylation is 1. The third kappa shape index (κ3) is 3.62. The summed E-state index contributed by atoms with van der Waals surface area (Å²) in [6.07, 6.45) is 0. The average molecular weight is 311 g/mol. The van der Waals surface area contributed by atoms with Crippen molar-refractivity contribution in [1.29, 1.82) is 0 Å². The minimum Gasteiger partial charge on any atom is -0.381 e. The minimum absolute atomic E-state index is 0.0823. The fraction of sp³-hybridized carbons (Fsp3) is 0.143. The highest BCUT2D eigenvalue weighted by Crippen LogP contribution is 2.23. The number of halogens is 2. The van der Waals surface area contributed by atoms with E-state index in [4.69, 9.17) is 23.2 Å². The van der Waals surface area contributed by atoms with Gasteiger partial charge in [0.15, 0.2) is 0 Å². The maximum absolute atomic E-state index is 10.7. The molecule has 104 valence electrons. The molecular formula is C14H12Cl2N2O2. The maximum Gasteiger partial charge on any atom is 0.269 e. The number of hydrogen-bond donors (Lipinski definition) is 1. The molecule has 0 aromatic heterocycles. The topological polar surface area (TPSA) is 55.2 Å². The number of nitrogens with zero attached hydrogens (tertiary/aromatic N) is 1. The Morgan fingerprint density at radius 3 is 2.35 bits per heavy atom. The SMILES string of the molecule is Cc1cc([N+](=O)[O-])ccc1NCc1cc(Cl)cc(Cl)c1. The van der Waals surface area contributed by atoms with E-state index in [1.165, 1.54) is 12.1 Å². The second-order valence-corrected chi connectivity index (χ2v) is 5.26. The number of rotatable bonds is 4. The van der Waals surface area contributed by atoms with Gasteiger partial charge in [0.1, 0.15) is 0 Å². The molecule has 0 aliphatic rings. The summed E-state index contributed by atoms with van der Waals surface area (Å²) in [7, 11) is 0. The summed E-state index contributed by atoms with van der Waals surface area (Å²) in [6.45, 7) is 2.36. The minimum atomic E-state index is -0.409. The van der Waals surface area contributed by atoms with Crippen molar-refractivity contribution in [3.05, 3.63) is 67.7 Å². The Bertz CT molecular complexity index is 639. The zero-order valence-electron chi connectivity index (χ0n) is 10.7.